The number of imidazole rings is 1. The minimum Gasteiger partial charge on any atom is -0.378 e. The lowest BCUT2D eigenvalue weighted by molar-refractivity contribution is 0.607. The second kappa shape index (κ2) is 5.72. The van der Waals surface area contributed by atoms with E-state index in [4.69, 9.17) is 11.6 Å². The van der Waals surface area contributed by atoms with E-state index in [1.165, 1.54) is 0 Å². The van der Waals surface area contributed by atoms with Crippen LogP contribution in [0, 0.1) is 6.92 Å². The van der Waals surface area contributed by atoms with Crippen LogP contribution in [0.4, 0.5) is 11.4 Å². The fourth-order valence-corrected chi connectivity index (χ4v) is 2.42. The quantitative estimate of drug-likeness (QED) is 0.790. The first-order chi connectivity index (χ1) is 9.35. The van der Waals surface area contributed by atoms with Gasteiger partial charge in [0.15, 0.2) is 0 Å². The summed E-state index contributed by atoms with van der Waals surface area (Å²) in [6, 6.07) is 4.88. The van der Waals surface area contributed by atoms with Crippen molar-refractivity contribution in [2.75, 3.05) is 16.3 Å². The van der Waals surface area contributed by atoms with Crippen LogP contribution in [0.3, 0.4) is 0 Å². The van der Waals surface area contributed by atoms with Crippen molar-refractivity contribution >= 4 is 33.0 Å². The summed E-state index contributed by atoms with van der Waals surface area (Å²) in [4.78, 5) is 7.16. The molecular weight excluding hydrogens is 300 g/mol. The lowest BCUT2D eigenvalue weighted by Crippen LogP contribution is -2.10. The van der Waals surface area contributed by atoms with Crippen LogP contribution in [0.15, 0.2) is 24.5 Å². The summed E-state index contributed by atoms with van der Waals surface area (Å²) < 4.78 is 24.8. The molecule has 0 unspecified atom stereocenters. The number of rotatable bonds is 5. The molecule has 0 aliphatic heterocycles. The zero-order valence-electron chi connectivity index (χ0n) is 11.1. The van der Waals surface area contributed by atoms with Gasteiger partial charge in [0.2, 0.25) is 10.0 Å². The van der Waals surface area contributed by atoms with Gasteiger partial charge in [0.1, 0.15) is 0 Å². The Kier molecular flexibility index (Phi) is 4.20. The van der Waals surface area contributed by atoms with Gasteiger partial charge in [-0.15, -0.1) is 0 Å². The molecular formula is C12H15ClN4O2S. The van der Waals surface area contributed by atoms with Crippen molar-refractivity contribution in [2.24, 2.45) is 0 Å². The molecule has 0 aliphatic rings. The van der Waals surface area contributed by atoms with Crippen molar-refractivity contribution in [3.8, 4) is 0 Å². The Labute approximate surface area is 122 Å². The summed E-state index contributed by atoms with van der Waals surface area (Å²) in [6.45, 7) is 2.42. The van der Waals surface area contributed by atoms with Gasteiger partial charge in [-0.2, -0.15) is 0 Å². The highest BCUT2D eigenvalue weighted by Gasteiger charge is 2.07. The molecule has 0 spiro atoms. The van der Waals surface area contributed by atoms with Crippen LogP contribution in [0.25, 0.3) is 0 Å². The van der Waals surface area contributed by atoms with E-state index >= 15 is 0 Å². The van der Waals surface area contributed by atoms with Gasteiger partial charge in [0, 0.05) is 5.69 Å². The molecule has 1 heterocycles. The number of nitrogens with zero attached hydrogens (tertiary/aromatic N) is 1. The van der Waals surface area contributed by atoms with Crippen LogP contribution in [0.5, 0.6) is 0 Å². The van der Waals surface area contributed by atoms with Crippen LogP contribution < -0.4 is 10.0 Å². The molecule has 2 rings (SSSR count). The van der Waals surface area contributed by atoms with Gasteiger partial charge in [-0.3, -0.25) is 4.72 Å². The Morgan fingerprint density at radius 2 is 2.15 bits per heavy atom. The summed E-state index contributed by atoms with van der Waals surface area (Å²) in [5.74, 6) is 0. The Balaban J connectivity index is 2.15. The number of anilines is 2. The monoisotopic (exact) mass is 314 g/mol. The zero-order chi connectivity index (χ0) is 14.8. The number of sulfonamides is 1. The van der Waals surface area contributed by atoms with Crippen molar-refractivity contribution in [1.29, 1.82) is 0 Å². The van der Waals surface area contributed by atoms with Gasteiger partial charge < -0.3 is 10.3 Å². The molecule has 0 aliphatic carbocycles. The number of hydrogen-bond acceptors (Lipinski definition) is 4. The number of halogens is 1. The Morgan fingerprint density at radius 3 is 2.75 bits per heavy atom. The largest absolute Gasteiger partial charge is 0.378 e. The molecule has 1 aromatic heterocycles. The Hall–Kier alpha value is -1.73. The van der Waals surface area contributed by atoms with Crippen molar-refractivity contribution in [1.82, 2.24) is 9.97 Å². The maximum absolute atomic E-state index is 11.2. The maximum Gasteiger partial charge on any atom is 0.229 e. The van der Waals surface area contributed by atoms with Gasteiger partial charge in [0.25, 0.3) is 0 Å². The van der Waals surface area contributed by atoms with E-state index in [1.54, 1.807) is 24.5 Å². The lowest BCUT2D eigenvalue weighted by atomic mass is 10.2. The van der Waals surface area contributed by atoms with E-state index in [2.05, 4.69) is 20.0 Å². The molecule has 108 valence electrons. The number of aromatic nitrogens is 2. The molecule has 0 saturated heterocycles. The maximum atomic E-state index is 11.2. The van der Waals surface area contributed by atoms with Crippen LogP contribution in [-0.2, 0) is 16.6 Å². The van der Waals surface area contributed by atoms with E-state index in [0.29, 0.717) is 22.9 Å². The molecule has 0 bridgehead atoms. The summed E-state index contributed by atoms with van der Waals surface area (Å²) in [5, 5.41) is 3.64. The summed E-state index contributed by atoms with van der Waals surface area (Å²) in [5.41, 5.74) is 2.95. The molecule has 6 nitrogen and oxygen atoms in total. The highest BCUT2D eigenvalue weighted by atomic mass is 35.5. The van der Waals surface area contributed by atoms with Gasteiger partial charge >= 0.3 is 0 Å². The topological polar surface area (TPSA) is 86.9 Å². The average Bonchev–Trinajstić information content (AvgIpc) is 2.74. The number of benzene rings is 1. The lowest BCUT2D eigenvalue weighted by Gasteiger charge is -2.10. The molecule has 0 atom stereocenters. The minimum atomic E-state index is -3.31. The normalized spacial score (nSPS) is 11.3. The number of nitrogens with one attached hydrogen (secondary N) is 3. The predicted molar refractivity (Wildman–Crippen MR) is 80.6 cm³/mol. The molecule has 20 heavy (non-hydrogen) atoms. The van der Waals surface area contributed by atoms with E-state index in [1.807, 2.05) is 6.92 Å². The highest BCUT2D eigenvalue weighted by Crippen LogP contribution is 2.26. The van der Waals surface area contributed by atoms with Crippen LogP contribution in [-0.4, -0.2) is 24.6 Å². The molecule has 0 saturated carbocycles. The second-order valence-electron chi connectivity index (χ2n) is 4.40. The van der Waals surface area contributed by atoms with Crippen molar-refractivity contribution in [3.05, 3.63) is 40.9 Å². The third kappa shape index (κ3) is 3.88. The summed E-state index contributed by atoms with van der Waals surface area (Å²) in [7, 11) is -3.31. The Morgan fingerprint density at radius 1 is 1.40 bits per heavy atom. The standard InChI is InChI=1S/C12H15ClN4O2S/c1-8-12(16-7-15-8)6-14-11-5-9(3-4-10(11)13)17-20(2,18)19/h3-5,7,14,17H,6H2,1-2H3,(H,15,16). The molecule has 1 aromatic carbocycles. The first kappa shape index (κ1) is 14.7. The smallest absolute Gasteiger partial charge is 0.229 e. The number of aryl methyl sites for hydroxylation is 1. The third-order valence-electron chi connectivity index (χ3n) is 2.65. The van der Waals surface area contributed by atoms with Crippen LogP contribution in [0.1, 0.15) is 11.4 Å². The molecule has 2 aromatic rings. The van der Waals surface area contributed by atoms with E-state index in [0.717, 1.165) is 17.6 Å². The first-order valence-corrected chi connectivity index (χ1v) is 8.12. The fourth-order valence-electron chi connectivity index (χ4n) is 1.68. The van der Waals surface area contributed by atoms with Gasteiger partial charge in [0.05, 0.1) is 41.2 Å². The summed E-state index contributed by atoms with van der Waals surface area (Å²) >= 11 is 6.08. The van der Waals surface area contributed by atoms with Gasteiger partial charge in [-0.1, -0.05) is 11.6 Å². The van der Waals surface area contributed by atoms with E-state index in [-0.39, 0.29) is 0 Å². The molecule has 0 radical (unpaired) electrons. The zero-order valence-corrected chi connectivity index (χ0v) is 12.6. The number of hydrogen-bond donors (Lipinski definition) is 3. The predicted octanol–water partition coefficient (Wildman–Crippen LogP) is 2.36. The number of aromatic amines is 1. The fraction of sp³-hybridized carbons (Fsp3) is 0.250. The molecule has 3 N–H and O–H groups in total. The molecule has 0 fully saturated rings. The number of H-pyrrole nitrogens is 1. The van der Waals surface area contributed by atoms with Crippen molar-refractivity contribution in [3.63, 3.8) is 0 Å². The van der Waals surface area contributed by atoms with Gasteiger partial charge in [-0.25, -0.2) is 13.4 Å². The van der Waals surface area contributed by atoms with E-state index < -0.39 is 10.0 Å². The molecule has 0 amide bonds. The van der Waals surface area contributed by atoms with Crippen molar-refractivity contribution < 1.29 is 8.42 Å². The second-order valence-corrected chi connectivity index (χ2v) is 6.55. The molecule has 8 heteroatoms. The third-order valence-corrected chi connectivity index (χ3v) is 3.59. The van der Waals surface area contributed by atoms with E-state index in [9.17, 15) is 8.42 Å². The average molecular weight is 315 g/mol. The Bertz CT molecular complexity index is 712. The van der Waals surface area contributed by atoms with Gasteiger partial charge in [-0.05, 0) is 25.1 Å². The van der Waals surface area contributed by atoms with Crippen LogP contribution in [0.2, 0.25) is 5.02 Å². The van der Waals surface area contributed by atoms with Crippen LogP contribution >= 0.6 is 11.6 Å². The SMILES string of the molecule is Cc1[nH]cnc1CNc1cc(NS(C)(=O)=O)ccc1Cl. The highest BCUT2D eigenvalue weighted by molar-refractivity contribution is 7.92. The first-order valence-electron chi connectivity index (χ1n) is 5.85. The minimum absolute atomic E-state index is 0.457. The van der Waals surface area contributed by atoms with Crippen molar-refractivity contribution in [2.45, 2.75) is 13.5 Å². The summed E-state index contributed by atoms with van der Waals surface area (Å²) in [6.07, 6.45) is 2.72.